The fourth-order valence-corrected chi connectivity index (χ4v) is 1.95. The lowest BCUT2D eigenvalue weighted by Gasteiger charge is -2.11. The van der Waals surface area contributed by atoms with Gasteiger partial charge in [0.25, 0.3) is 0 Å². The molecule has 1 N–H and O–H groups in total. The lowest BCUT2D eigenvalue weighted by molar-refractivity contribution is 0.381. The van der Waals surface area contributed by atoms with Crippen molar-refractivity contribution in [2.75, 3.05) is 14.2 Å². The number of hydrogen-bond donors (Lipinski definition) is 1. The minimum Gasteiger partial charge on any atom is -0.507 e. The number of benzene rings is 1. The van der Waals surface area contributed by atoms with Gasteiger partial charge in [-0.2, -0.15) is 0 Å². The van der Waals surface area contributed by atoms with Crippen molar-refractivity contribution in [2.24, 2.45) is 0 Å². The number of ether oxygens (including phenoxy) is 2. The summed E-state index contributed by atoms with van der Waals surface area (Å²) in [6.45, 7) is 3.29. The van der Waals surface area contributed by atoms with Gasteiger partial charge in [0.15, 0.2) is 0 Å². The number of fused-ring (bicyclic) bond motifs is 1. The fourth-order valence-electron chi connectivity index (χ4n) is 1.95. The first kappa shape index (κ1) is 12.3. The zero-order valence-corrected chi connectivity index (χ0v) is 10.7. The van der Waals surface area contributed by atoms with E-state index >= 15 is 0 Å². The zero-order chi connectivity index (χ0) is 13.4. The number of phenols is 1. The molecule has 0 fully saturated rings. The minimum absolute atomic E-state index is 0.0994. The number of phenolic OH excluding ortho intramolecular Hbond substituents is 1. The highest BCUT2D eigenvalue weighted by atomic mass is 16.5. The third kappa shape index (κ3) is 1.59. The fraction of sp³-hybridized carbons (Fsp3) is 0.308. The van der Waals surface area contributed by atoms with E-state index in [1.807, 2.05) is 0 Å². The molecule has 0 amide bonds. The quantitative estimate of drug-likeness (QED) is 0.884. The minimum atomic E-state index is -0.389. The van der Waals surface area contributed by atoms with Crippen LogP contribution >= 0.6 is 0 Å². The molecule has 2 rings (SSSR count). The average molecular weight is 250 g/mol. The molecule has 96 valence electrons. The molecule has 0 aliphatic carbocycles. The van der Waals surface area contributed by atoms with Gasteiger partial charge in [0.2, 0.25) is 11.2 Å². The van der Waals surface area contributed by atoms with Gasteiger partial charge in [0, 0.05) is 11.6 Å². The first-order valence-corrected chi connectivity index (χ1v) is 5.39. The van der Waals surface area contributed by atoms with Crippen LogP contribution in [0.25, 0.3) is 11.0 Å². The van der Waals surface area contributed by atoms with Crippen LogP contribution in [0.5, 0.6) is 17.2 Å². The first-order valence-electron chi connectivity index (χ1n) is 5.39. The van der Waals surface area contributed by atoms with Crippen LogP contribution in [0.1, 0.15) is 11.3 Å². The lowest BCUT2D eigenvalue weighted by Crippen LogP contribution is -2.08. The van der Waals surface area contributed by atoms with Crippen molar-refractivity contribution >= 4 is 11.0 Å². The van der Waals surface area contributed by atoms with Crippen molar-refractivity contribution in [3.8, 4) is 17.2 Å². The second-order valence-corrected chi connectivity index (χ2v) is 3.95. The van der Waals surface area contributed by atoms with Gasteiger partial charge in [-0.3, -0.25) is 4.79 Å². The normalized spacial score (nSPS) is 10.7. The molecule has 0 atom stereocenters. The van der Waals surface area contributed by atoms with Gasteiger partial charge in [-0.05, 0) is 13.8 Å². The molecule has 0 saturated carbocycles. The van der Waals surface area contributed by atoms with Gasteiger partial charge in [0.1, 0.15) is 28.2 Å². The van der Waals surface area contributed by atoms with E-state index in [0.717, 1.165) is 0 Å². The van der Waals surface area contributed by atoms with Crippen LogP contribution in [0.15, 0.2) is 15.3 Å². The van der Waals surface area contributed by atoms with E-state index in [4.69, 9.17) is 13.9 Å². The van der Waals surface area contributed by atoms with Crippen LogP contribution in [0.3, 0.4) is 0 Å². The van der Waals surface area contributed by atoms with Crippen LogP contribution in [-0.2, 0) is 0 Å². The van der Waals surface area contributed by atoms with Crippen molar-refractivity contribution in [3.05, 3.63) is 27.6 Å². The summed E-state index contributed by atoms with van der Waals surface area (Å²) >= 11 is 0. The molecule has 18 heavy (non-hydrogen) atoms. The lowest BCUT2D eigenvalue weighted by atomic mass is 10.1. The molecule has 0 unspecified atom stereocenters. The Morgan fingerprint density at radius 2 is 1.89 bits per heavy atom. The Morgan fingerprint density at radius 3 is 2.44 bits per heavy atom. The predicted octanol–water partition coefficient (Wildman–Crippen LogP) is 2.13. The molecule has 1 aromatic carbocycles. The van der Waals surface area contributed by atoms with Crippen LogP contribution in [0.2, 0.25) is 0 Å². The van der Waals surface area contributed by atoms with Gasteiger partial charge in [-0.1, -0.05) is 0 Å². The maximum Gasteiger partial charge on any atom is 0.238 e. The van der Waals surface area contributed by atoms with Crippen LogP contribution in [0.4, 0.5) is 0 Å². The summed E-state index contributed by atoms with van der Waals surface area (Å²) < 4.78 is 15.6. The Labute approximate surface area is 104 Å². The van der Waals surface area contributed by atoms with E-state index in [9.17, 15) is 9.90 Å². The topological polar surface area (TPSA) is 68.9 Å². The van der Waals surface area contributed by atoms with E-state index in [1.54, 1.807) is 19.9 Å². The molecule has 0 bridgehead atoms. The van der Waals surface area contributed by atoms with E-state index in [1.165, 1.54) is 14.2 Å². The van der Waals surface area contributed by atoms with Crippen molar-refractivity contribution < 1.29 is 19.0 Å². The standard InChI is InChI=1S/C13H14O5/c1-6-8(16-3)5-9-10(11(6)14)12(15)13(17-4)7(2)18-9/h5,14H,1-4H3. The summed E-state index contributed by atoms with van der Waals surface area (Å²) in [5.41, 5.74) is 0.376. The summed E-state index contributed by atoms with van der Waals surface area (Å²) in [6.07, 6.45) is 0. The van der Waals surface area contributed by atoms with E-state index < -0.39 is 0 Å². The molecule has 0 radical (unpaired) electrons. The third-order valence-electron chi connectivity index (χ3n) is 2.91. The number of aryl methyl sites for hydroxylation is 1. The summed E-state index contributed by atoms with van der Waals surface area (Å²) in [7, 11) is 2.88. The molecule has 1 aromatic heterocycles. The molecule has 0 aliphatic rings. The molecule has 0 saturated heterocycles. The Balaban J connectivity index is 2.99. The Hall–Kier alpha value is -2.17. The van der Waals surface area contributed by atoms with Crippen molar-refractivity contribution in [2.45, 2.75) is 13.8 Å². The highest BCUT2D eigenvalue weighted by Crippen LogP contribution is 2.35. The smallest absolute Gasteiger partial charge is 0.238 e. The predicted molar refractivity (Wildman–Crippen MR) is 66.7 cm³/mol. The van der Waals surface area contributed by atoms with Crippen molar-refractivity contribution in [1.29, 1.82) is 0 Å². The zero-order valence-electron chi connectivity index (χ0n) is 10.7. The largest absolute Gasteiger partial charge is 0.507 e. The third-order valence-corrected chi connectivity index (χ3v) is 2.91. The van der Waals surface area contributed by atoms with Gasteiger partial charge in [-0.25, -0.2) is 0 Å². The Bertz CT molecular complexity index is 669. The number of methoxy groups -OCH3 is 2. The molecule has 0 aliphatic heterocycles. The molecule has 1 heterocycles. The molecular formula is C13H14O5. The second-order valence-electron chi connectivity index (χ2n) is 3.95. The van der Waals surface area contributed by atoms with Crippen molar-refractivity contribution in [1.82, 2.24) is 0 Å². The van der Waals surface area contributed by atoms with Crippen LogP contribution < -0.4 is 14.9 Å². The van der Waals surface area contributed by atoms with Gasteiger partial charge in [0.05, 0.1) is 14.2 Å². The molecule has 0 spiro atoms. The molecule has 5 heteroatoms. The Morgan fingerprint density at radius 1 is 1.22 bits per heavy atom. The van der Waals surface area contributed by atoms with Crippen LogP contribution in [0, 0.1) is 13.8 Å². The van der Waals surface area contributed by atoms with E-state index in [-0.39, 0.29) is 27.9 Å². The molecular weight excluding hydrogens is 236 g/mol. The van der Waals surface area contributed by atoms with E-state index in [2.05, 4.69) is 0 Å². The first-order chi connectivity index (χ1) is 8.51. The maximum atomic E-state index is 12.2. The van der Waals surface area contributed by atoms with E-state index in [0.29, 0.717) is 17.1 Å². The average Bonchev–Trinajstić information content (AvgIpc) is 2.33. The summed E-state index contributed by atoms with van der Waals surface area (Å²) in [5.74, 6) is 0.784. The highest BCUT2D eigenvalue weighted by molar-refractivity contribution is 5.87. The molecule has 2 aromatic rings. The SMILES string of the molecule is COc1cc2oc(C)c(OC)c(=O)c2c(O)c1C. The second kappa shape index (κ2) is 4.25. The van der Waals surface area contributed by atoms with Crippen molar-refractivity contribution in [3.63, 3.8) is 0 Å². The number of aromatic hydroxyl groups is 1. The highest BCUT2D eigenvalue weighted by Gasteiger charge is 2.19. The summed E-state index contributed by atoms with van der Waals surface area (Å²) in [5, 5.41) is 10.2. The number of rotatable bonds is 2. The van der Waals surface area contributed by atoms with Gasteiger partial charge in [-0.15, -0.1) is 0 Å². The van der Waals surface area contributed by atoms with Gasteiger partial charge < -0.3 is 19.0 Å². The monoisotopic (exact) mass is 250 g/mol. The van der Waals surface area contributed by atoms with Crippen LogP contribution in [-0.4, -0.2) is 19.3 Å². The number of hydrogen-bond acceptors (Lipinski definition) is 5. The summed E-state index contributed by atoms with van der Waals surface area (Å²) in [4.78, 5) is 12.2. The summed E-state index contributed by atoms with van der Waals surface area (Å²) in [6, 6.07) is 1.58. The maximum absolute atomic E-state index is 12.2. The van der Waals surface area contributed by atoms with Gasteiger partial charge >= 0.3 is 0 Å². The molecule has 5 nitrogen and oxygen atoms in total. The Kier molecular flexibility index (Phi) is 2.90.